The lowest BCUT2D eigenvalue weighted by Gasteiger charge is -2.23. The third kappa shape index (κ3) is 1.46. The second-order valence-corrected chi connectivity index (χ2v) is 6.31. The lowest BCUT2D eigenvalue weighted by atomic mass is 9.85. The van der Waals surface area contributed by atoms with Crippen LogP contribution in [0.4, 0.5) is 0 Å². The van der Waals surface area contributed by atoms with Gasteiger partial charge in [-0.15, -0.1) is 0 Å². The molecule has 86 valence electrons. The highest BCUT2D eigenvalue weighted by Gasteiger charge is 2.49. The summed E-state index contributed by atoms with van der Waals surface area (Å²) in [6.07, 6.45) is 6.36. The number of fused-ring (bicyclic) bond motifs is 1. The van der Waals surface area contributed by atoms with Crippen LogP contribution in [0.1, 0.15) is 42.9 Å². The molecule has 2 heteroatoms. The van der Waals surface area contributed by atoms with Gasteiger partial charge >= 0.3 is 0 Å². The molecule has 2 aliphatic carbocycles. The molecule has 0 radical (unpaired) electrons. The fourth-order valence-corrected chi connectivity index (χ4v) is 3.72. The Morgan fingerprint density at radius 2 is 2.06 bits per heavy atom. The molecule has 1 aromatic rings. The van der Waals surface area contributed by atoms with Crippen LogP contribution >= 0.6 is 15.9 Å². The minimum Gasteiger partial charge on any atom is -0.327 e. The van der Waals surface area contributed by atoms with Crippen molar-refractivity contribution in [1.29, 1.82) is 0 Å². The van der Waals surface area contributed by atoms with Gasteiger partial charge in [-0.3, -0.25) is 0 Å². The van der Waals surface area contributed by atoms with Crippen molar-refractivity contribution in [2.24, 2.45) is 5.73 Å². The molecule has 0 aliphatic heterocycles. The van der Waals surface area contributed by atoms with E-state index in [0.717, 1.165) is 0 Å². The minimum absolute atomic E-state index is 0.284. The summed E-state index contributed by atoms with van der Waals surface area (Å²) >= 11 is 3.64. The van der Waals surface area contributed by atoms with E-state index in [2.05, 4.69) is 35.0 Å². The number of benzene rings is 1. The smallest absolute Gasteiger partial charge is 0.0181 e. The van der Waals surface area contributed by atoms with E-state index in [0.29, 0.717) is 5.41 Å². The first-order valence-electron chi connectivity index (χ1n) is 6.21. The molecule has 1 unspecified atom stereocenters. The summed E-state index contributed by atoms with van der Waals surface area (Å²) < 4.78 is 1.23. The second-order valence-electron chi connectivity index (χ2n) is 5.39. The van der Waals surface area contributed by atoms with Crippen LogP contribution in [-0.2, 0) is 18.3 Å². The summed E-state index contributed by atoms with van der Waals surface area (Å²) in [6.45, 7) is 2.16. The lowest BCUT2D eigenvalue weighted by molar-refractivity contribution is 0.552. The van der Waals surface area contributed by atoms with Crippen molar-refractivity contribution >= 4 is 15.9 Å². The number of hydrogen-bond acceptors (Lipinski definition) is 1. The van der Waals surface area contributed by atoms with E-state index in [1.165, 1.54) is 36.6 Å². The Balaban J connectivity index is 2.14. The zero-order valence-electron chi connectivity index (χ0n) is 9.72. The van der Waals surface area contributed by atoms with Gasteiger partial charge in [0.25, 0.3) is 0 Å². The number of aryl methyl sites for hydroxylation is 1. The summed E-state index contributed by atoms with van der Waals surface area (Å²) in [5, 5.41) is 0. The van der Waals surface area contributed by atoms with Crippen molar-refractivity contribution in [3.05, 3.63) is 33.3 Å². The normalized spacial score (nSPS) is 22.9. The SMILES string of the molecule is CC(N)C1(c2cc(Br)cc3c2CCC3)CC1. The number of hydrogen-bond donors (Lipinski definition) is 1. The maximum atomic E-state index is 6.19. The molecule has 16 heavy (non-hydrogen) atoms. The molecule has 0 amide bonds. The fourth-order valence-electron chi connectivity index (χ4n) is 3.22. The van der Waals surface area contributed by atoms with Crippen LogP contribution in [0.3, 0.4) is 0 Å². The topological polar surface area (TPSA) is 26.0 Å². The van der Waals surface area contributed by atoms with Gasteiger partial charge in [0.2, 0.25) is 0 Å². The predicted octanol–water partition coefficient (Wildman–Crippen LogP) is 3.32. The zero-order chi connectivity index (χ0) is 11.3. The maximum Gasteiger partial charge on any atom is 0.0181 e. The third-order valence-corrected chi connectivity index (χ3v) is 4.83. The summed E-state index contributed by atoms with van der Waals surface area (Å²) in [7, 11) is 0. The van der Waals surface area contributed by atoms with Gasteiger partial charge in [0.05, 0.1) is 0 Å². The first kappa shape index (κ1) is 10.8. The van der Waals surface area contributed by atoms with Gasteiger partial charge in [-0.1, -0.05) is 15.9 Å². The van der Waals surface area contributed by atoms with Gasteiger partial charge in [-0.05, 0) is 67.9 Å². The minimum atomic E-state index is 0.284. The Hall–Kier alpha value is -0.340. The van der Waals surface area contributed by atoms with Crippen molar-refractivity contribution in [1.82, 2.24) is 0 Å². The molecule has 0 aromatic heterocycles. The van der Waals surface area contributed by atoms with E-state index in [1.807, 2.05) is 0 Å². The van der Waals surface area contributed by atoms with Crippen LogP contribution in [0.15, 0.2) is 16.6 Å². The Kier molecular flexibility index (Phi) is 2.41. The summed E-state index contributed by atoms with van der Waals surface area (Å²) in [4.78, 5) is 0. The van der Waals surface area contributed by atoms with Crippen molar-refractivity contribution in [2.75, 3.05) is 0 Å². The molecule has 1 saturated carbocycles. The largest absolute Gasteiger partial charge is 0.327 e. The fraction of sp³-hybridized carbons (Fsp3) is 0.571. The third-order valence-electron chi connectivity index (χ3n) is 4.38. The van der Waals surface area contributed by atoms with Crippen LogP contribution in [0, 0.1) is 0 Å². The van der Waals surface area contributed by atoms with Gasteiger partial charge in [-0.25, -0.2) is 0 Å². The average Bonchev–Trinajstić information content (AvgIpc) is 2.91. The highest BCUT2D eigenvalue weighted by Crippen LogP contribution is 2.53. The van der Waals surface area contributed by atoms with Crippen LogP contribution in [-0.4, -0.2) is 6.04 Å². The van der Waals surface area contributed by atoms with Gasteiger partial charge < -0.3 is 5.73 Å². The highest BCUT2D eigenvalue weighted by molar-refractivity contribution is 9.10. The molecule has 2 aliphatic rings. The van der Waals surface area contributed by atoms with Crippen LogP contribution < -0.4 is 5.73 Å². The van der Waals surface area contributed by atoms with Crippen LogP contribution in [0.25, 0.3) is 0 Å². The van der Waals surface area contributed by atoms with E-state index in [-0.39, 0.29) is 6.04 Å². The number of nitrogens with two attached hydrogens (primary N) is 1. The molecule has 0 heterocycles. The zero-order valence-corrected chi connectivity index (χ0v) is 11.3. The second kappa shape index (κ2) is 3.58. The molecule has 1 atom stereocenters. The molecule has 0 spiro atoms. The van der Waals surface area contributed by atoms with Gasteiger partial charge in [0.15, 0.2) is 0 Å². The molecular formula is C14H18BrN. The average molecular weight is 280 g/mol. The maximum absolute atomic E-state index is 6.19. The first-order valence-corrected chi connectivity index (χ1v) is 7.00. The summed E-state index contributed by atoms with van der Waals surface area (Å²) in [5.74, 6) is 0. The Labute approximate surface area is 106 Å². The van der Waals surface area contributed by atoms with Gasteiger partial charge in [0.1, 0.15) is 0 Å². The monoisotopic (exact) mass is 279 g/mol. The Morgan fingerprint density at radius 3 is 2.69 bits per heavy atom. The molecule has 1 nitrogen and oxygen atoms in total. The predicted molar refractivity (Wildman–Crippen MR) is 70.7 cm³/mol. The summed E-state index contributed by atoms with van der Waals surface area (Å²) in [6, 6.07) is 4.90. The van der Waals surface area contributed by atoms with Crippen molar-refractivity contribution in [3.8, 4) is 0 Å². The van der Waals surface area contributed by atoms with E-state index < -0.39 is 0 Å². The van der Waals surface area contributed by atoms with Gasteiger partial charge in [0, 0.05) is 15.9 Å². The van der Waals surface area contributed by atoms with E-state index in [1.54, 1.807) is 16.7 Å². The Bertz CT molecular complexity index is 433. The standard InChI is InChI=1S/C14H18BrN/c1-9(16)14(5-6-14)13-8-11(15)7-10-3-2-4-12(10)13/h7-9H,2-6,16H2,1H3. The molecule has 1 fully saturated rings. The van der Waals surface area contributed by atoms with Gasteiger partial charge in [-0.2, -0.15) is 0 Å². The van der Waals surface area contributed by atoms with Crippen molar-refractivity contribution < 1.29 is 0 Å². The highest BCUT2D eigenvalue weighted by atomic mass is 79.9. The molecule has 2 N–H and O–H groups in total. The molecule has 0 bridgehead atoms. The molecule has 0 saturated heterocycles. The van der Waals surface area contributed by atoms with E-state index in [9.17, 15) is 0 Å². The number of rotatable bonds is 2. The van der Waals surface area contributed by atoms with E-state index in [4.69, 9.17) is 5.73 Å². The molecule has 3 rings (SSSR count). The lowest BCUT2D eigenvalue weighted by Crippen LogP contribution is -2.32. The Morgan fingerprint density at radius 1 is 1.31 bits per heavy atom. The summed E-state index contributed by atoms with van der Waals surface area (Å²) in [5.41, 5.74) is 11.2. The molecular weight excluding hydrogens is 262 g/mol. The first-order chi connectivity index (χ1) is 7.63. The quantitative estimate of drug-likeness (QED) is 0.883. The van der Waals surface area contributed by atoms with Crippen LogP contribution in [0.5, 0.6) is 0 Å². The van der Waals surface area contributed by atoms with Crippen molar-refractivity contribution in [3.63, 3.8) is 0 Å². The van der Waals surface area contributed by atoms with Crippen LogP contribution in [0.2, 0.25) is 0 Å². The molecule has 1 aromatic carbocycles. The van der Waals surface area contributed by atoms with E-state index >= 15 is 0 Å². The van der Waals surface area contributed by atoms with Crippen molar-refractivity contribution in [2.45, 2.75) is 50.5 Å². The number of halogens is 1.